The number of nitrogens with one attached hydrogen (secondary N) is 1. The number of nitrogens with zero attached hydrogens (tertiary/aromatic N) is 3. The quantitative estimate of drug-likeness (QED) is 0.599. The molecule has 0 spiro atoms. The van der Waals surface area contributed by atoms with Crippen molar-refractivity contribution in [2.24, 2.45) is 0 Å². The fourth-order valence-electron chi connectivity index (χ4n) is 3.27. The van der Waals surface area contributed by atoms with Crippen LogP contribution in [0.1, 0.15) is 38.8 Å². The van der Waals surface area contributed by atoms with Gasteiger partial charge in [0.05, 0.1) is 0 Å². The summed E-state index contributed by atoms with van der Waals surface area (Å²) in [5.74, 6) is -0.195. The molecule has 1 aliphatic heterocycles. The van der Waals surface area contributed by atoms with Crippen LogP contribution in [0.25, 0.3) is 0 Å². The van der Waals surface area contributed by atoms with Crippen LogP contribution in [0.2, 0.25) is 0 Å². The number of rotatable bonds is 4. The van der Waals surface area contributed by atoms with Crippen LogP contribution in [0.15, 0.2) is 46.9 Å². The topological polar surface area (TPSA) is 75.2 Å². The predicted molar refractivity (Wildman–Crippen MR) is 118 cm³/mol. The van der Waals surface area contributed by atoms with E-state index in [1.807, 2.05) is 31.2 Å². The fraction of sp³-hybridized carbons (Fsp3) is 0.238. The first-order valence-corrected chi connectivity index (χ1v) is 10.8. The third-order valence-electron chi connectivity index (χ3n) is 5.02. The number of hydrogen-bond donors (Lipinski definition) is 1. The van der Waals surface area contributed by atoms with Gasteiger partial charge in [-0.25, -0.2) is 0 Å². The highest BCUT2D eigenvalue weighted by atomic mass is 79.9. The zero-order chi connectivity index (χ0) is 20.5. The zero-order valence-electron chi connectivity index (χ0n) is 16.0. The summed E-state index contributed by atoms with van der Waals surface area (Å²) in [5, 5.41) is 12.3. The SMILES string of the molecule is Cc1ccc(N2CC(c3nnc(NC(=O)c4cccc(Br)c4)s3)CC2=O)cc1C. The van der Waals surface area contributed by atoms with Gasteiger partial charge in [0.2, 0.25) is 11.0 Å². The molecule has 1 atom stereocenters. The van der Waals surface area contributed by atoms with Crippen LogP contribution in [-0.4, -0.2) is 28.6 Å². The molecule has 148 valence electrons. The molecule has 0 aliphatic carbocycles. The van der Waals surface area contributed by atoms with E-state index in [1.54, 1.807) is 23.1 Å². The number of aromatic nitrogens is 2. The molecule has 1 saturated heterocycles. The van der Waals surface area contributed by atoms with Gasteiger partial charge < -0.3 is 4.90 Å². The molecule has 2 amide bonds. The van der Waals surface area contributed by atoms with Crippen molar-refractivity contribution in [3.63, 3.8) is 0 Å². The second-order valence-electron chi connectivity index (χ2n) is 7.08. The van der Waals surface area contributed by atoms with Crippen LogP contribution < -0.4 is 10.2 Å². The van der Waals surface area contributed by atoms with E-state index in [2.05, 4.69) is 38.4 Å². The van der Waals surface area contributed by atoms with E-state index < -0.39 is 0 Å². The van der Waals surface area contributed by atoms with E-state index in [9.17, 15) is 9.59 Å². The average molecular weight is 471 g/mol. The van der Waals surface area contributed by atoms with Crippen molar-refractivity contribution in [3.8, 4) is 0 Å². The Morgan fingerprint density at radius 1 is 1.17 bits per heavy atom. The second kappa shape index (κ2) is 8.04. The Kier molecular flexibility index (Phi) is 5.47. The normalized spacial score (nSPS) is 16.3. The summed E-state index contributed by atoms with van der Waals surface area (Å²) in [7, 11) is 0. The molecule has 1 aliphatic rings. The van der Waals surface area contributed by atoms with E-state index >= 15 is 0 Å². The maximum atomic E-state index is 12.6. The number of aryl methyl sites for hydroxylation is 2. The molecule has 1 aromatic heterocycles. The van der Waals surface area contributed by atoms with E-state index in [0.29, 0.717) is 23.7 Å². The van der Waals surface area contributed by atoms with Crippen molar-refractivity contribution in [2.75, 3.05) is 16.8 Å². The molecule has 6 nitrogen and oxygen atoms in total. The minimum Gasteiger partial charge on any atom is -0.312 e. The van der Waals surface area contributed by atoms with Crippen molar-refractivity contribution in [1.82, 2.24) is 10.2 Å². The Labute approximate surface area is 181 Å². The number of halogens is 1. The minimum atomic E-state index is -0.242. The Bertz CT molecular complexity index is 1100. The molecule has 2 heterocycles. The van der Waals surface area contributed by atoms with Crippen LogP contribution in [0.3, 0.4) is 0 Å². The Morgan fingerprint density at radius 2 is 2.00 bits per heavy atom. The lowest BCUT2D eigenvalue weighted by Crippen LogP contribution is -2.24. The second-order valence-corrected chi connectivity index (χ2v) is 9.01. The van der Waals surface area contributed by atoms with Crippen molar-refractivity contribution in [2.45, 2.75) is 26.2 Å². The summed E-state index contributed by atoms with van der Waals surface area (Å²) >= 11 is 4.68. The third-order valence-corrected chi connectivity index (χ3v) is 6.52. The number of hydrogen-bond acceptors (Lipinski definition) is 5. The molecule has 0 bridgehead atoms. The van der Waals surface area contributed by atoms with Crippen LogP contribution in [0, 0.1) is 13.8 Å². The van der Waals surface area contributed by atoms with E-state index in [-0.39, 0.29) is 17.7 Å². The zero-order valence-corrected chi connectivity index (χ0v) is 18.4. The molecular weight excluding hydrogens is 452 g/mol. The first-order chi connectivity index (χ1) is 13.9. The van der Waals surface area contributed by atoms with Gasteiger partial charge in [-0.2, -0.15) is 0 Å². The van der Waals surface area contributed by atoms with Gasteiger partial charge in [-0.1, -0.05) is 39.4 Å². The molecule has 29 heavy (non-hydrogen) atoms. The van der Waals surface area contributed by atoms with Gasteiger partial charge in [0, 0.05) is 34.6 Å². The highest BCUT2D eigenvalue weighted by molar-refractivity contribution is 9.10. The predicted octanol–water partition coefficient (Wildman–Crippen LogP) is 4.69. The smallest absolute Gasteiger partial charge is 0.257 e. The standard InChI is InChI=1S/C21H19BrN4O2S/c1-12-6-7-17(8-13(12)2)26-11-15(10-18(26)27)20-24-25-21(29-20)23-19(28)14-4-3-5-16(22)9-14/h3-9,15H,10-11H2,1-2H3,(H,23,25,28). The number of carbonyl (C=O) groups excluding carboxylic acids is 2. The van der Waals surface area contributed by atoms with E-state index in [1.165, 1.54) is 16.9 Å². The van der Waals surface area contributed by atoms with Crippen LogP contribution in [0.5, 0.6) is 0 Å². The van der Waals surface area contributed by atoms with Crippen molar-refractivity contribution in [1.29, 1.82) is 0 Å². The molecule has 8 heteroatoms. The van der Waals surface area contributed by atoms with Gasteiger partial charge in [-0.15, -0.1) is 10.2 Å². The molecule has 1 N–H and O–H groups in total. The highest BCUT2D eigenvalue weighted by Gasteiger charge is 2.34. The van der Waals surface area contributed by atoms with Crippen LogP contribution in [0.4, 0.5) is 10.8 Å². The summed E-state index contributed by atoms with van der Waals surface area (Å²) in [6, 6.07) is 13.2. The Balaban J connectivity index is 1.46. The summed E-state index contributed by atoms with van der Waals surface area (Å²) in [6.07, 6.45) is 0.390. The maximum absolute atomic E-state index is 12.6. The highest BCUT2D eigenvalue weighted by Crippen LogP contribution is 2.34. The summed E-state index contributed by atoms with van der Waals surface area (Å²) in [4.78, 5) is 26.8. The van der Waals surface area contributed by atoms with Crippen molar-refractivity contribution < 1.29 is 9.59 Å². The van der Waals surface area contributed by atoms with Crippen molar-refractivity contribution in [3.05, 3.63) is 68.6 Å². The summed E-state index contributed by atoms with van der Waals surface area (Å²) < 4.78 is 0.832. The van der Waals surface area contributed by atoms with Crippen LogP contribution >= 0.6 is 27.3 Å². The molecule has 1 unspecified atom stereocenters. The van der Waals surface area contributed by atoms with E-state index in [4.69, 9.17) is 0 Å². The largest absolute Gasteiger partial charge is 0.312 e. The van der Waals surface area contributed by atoms with Gasteiger partial charge in [0.15, 0.2) is 0 Å². The number of carbonyl (C=O) groups is 2. The first-order valence-electron chi connectivity index (χ1n) is 9.18. The molecule has 0 saturated carbocycles. The number of benzene rings is 2. The Morgan fingerprint density at radius 3 is 2.76 bits per heavy atom. The number of amides is 2. The number of anilines is 2. The lowest BCUT2D eigenvalue weighted by atomic mass is 10.1. The summed E-state index contributed by atoms with van der Waals surface area (Å²) in [6.45, 7) is 4.66. The average Bonchev–Trinajstić information content (AvgIpc) is 3.30. The van der Waals surface area contributed by atoms with Gasteiger partial charge in [0.25, 0.3) is 5.91 Å². The lowest BCUT2D eigenvalue weighted by Gasteiger charge is -2.17. The molecule has 0 radical (unpaired) electrons. The molecule has 4 rings (SSSR count). The fourth-order valence-corrected chi connectivity index (χ4v) is 4.49. The van der Waals surface area contributed by atoms with Gasteiger partial charge in [0.1, 0.15) is 5.01 Å². The van der Waals surface area contributed by atoms with Gasteiger partial charge >= 0.3 is 0 Å². The summed E-state index contributed by atoms with van der Waals surface area (Å²) in [5.41, 5.74) is 3.81. The van der Waals surface area contributed by atoms with Crippen LogP contribution in [-0.2, 0) is 4.79 Å². The maximum Gasteiger partial charge on any atom is 0.257 e. The Hall–Kier alpha value is -2.58. The van der Waals surface area contributed by atoms with Gasteiger partial charge in [-0.05, 0) is 55.3 Å². The molecule has 1 fully saturated rings. The monoisotopic (exact) mass is 470 g/mol. The first kappa shape index (κ1) is 19.7. The lowest BCUT2D eigenvalue weighted by molar-refractivity contribution is -0.117. The van der Waals surface area contributed by atoms with Gasteiger partial charge in [-0.3, -0.25) is 14.9 Å². The molecule has 2 aromatic carbocycles. The van der Waals surface area contributed by atoms with Crippen molar-refractivity contribution >= 4 is 49.9 Å². The third kappa shape index (κ3) is 4.23. The van der Waals surface area contributed by atoms with E-state index in [0.717, 1.165) is 20.7 Å². The minimum absolute atomic E-state index is 0.0295. The molecule has 3 aromatic rings. The molecular formula is C21H19BrN4O2S.